The Bertz CT molecular complexity index is 474. The zero-order chi connectivity index (χ0) is 20.5. The number of halogens is 1. The summed E-state index contributed by atoms with van der Waals surface area (Å²) in [6.07, 6.45) is 16.4. The molecule has 28 heavy (non-hydrogen) atoms. The van der Waals surface area contributed by atoms with Crippen LogP contribution in [-0.2, 0) is 4.43 Å². The van der Waals surface area contributed by atoms with Crippen LogP contribution >= 0.6 is 11.6 Å². The third kappa shape index (κ3) is 11.5. The highest BCUT2D eigenvalue weighted by atomic mass is 35.5. The molecule has 0 radical (unpaired) electrons. The van der Waals surface area contributed by atoms with E-state index in [1.165, 1.54) is 70.6 Å². The van der Waals surface area contributed by atoms with Crippen molar-refractivity contribution < 1.29 is 8.85 Å². The molecular weight excluding hydrogens is 384 g/mol. The largest absolute Gasteiger partial charge is 0.520 e. The first-order chi connectivity index (χ1) is 13.7. The summed E-state index contributed by atoms with van der Waals surface area (Å²) in [6, 6.07) is 9.61. The zero-order valence-electron chi connectivity index (χ0n) is 18.6. The second kappa shape index (κ2) is 16.3. The maximum atomic E-state index is 6.34. The first kappa shape index (κ1) is 25.5. The van der Waals surface area contributed by atoms with Gasteiger partial charge in [0, 0.05) is 11.6 Å². The first-order valence-electron chi connectivity index (χ1n) is 11.7. The van der Waals surface area contributed by atoms with Crippen LogP contribution in [0.5, 0.6) is 5.75 Å². The Morgan fingerprint density at radius 3 is 1.61 bits per heavy atom. The summed E-state index contributed by atoms with van der Waals surface area (Å²) in [7, 11) is -2.14. The van der Waals surface area contributed by atoms with E-state index >= 15 is 0 Å². The Morgan fingerprint density at radius 1 is 0.679 bits per heavy atom. The molecule has 0 aromatic heterocycles. The van der Waals surface area contributed by atoms with Gasteiger partial charge in [-0.2, -0.15) is 0 Å². The fraction of sp³-hybridized carbons (Fsp3) is 0.750. The first-order valence-corrected chi connectivity index (χ1v) is 14.3. The molecule has 0 spiro atoms. The van der Waals surface area contributed by atoms with Crippen LogP contribution in [0, 0.1) is 0 Å². The minimum Gasteiger partial charge on any atom is -0.520 e. The molecule has 1 aromatic rings. The van der Waals surface area contributed by atoms with Gasteiger partial charge in [0.2, 0.25) is 0 Å². The fourth-order valence-electron chi connectivity index (χ4n) is 3.55. The third-order valence-electron chi connectivity index (χ3n) is 5.56. The Kier molecular flexibility index (Phi) is 14.9. The van der Waals surface area contributed by atoms with E-state index in [0.29, 0.717) is 0 Å². The van der Waals surface area contributed by atoms with Crippen LogP contribution < -0.4 is 4.43 Å². The normalized spacial score (nSPS) is 11.7. The lowest BCUT2D eigenvalue weighted by Gasteiger charge is -2.29. The molecule has 0 heterocycles. The molecule has 4 heteroatoms. The van der Waals surface area contributed by atoms with Crippen LogP contribution in [0.25, 0.3) is 0 Å². The van der Waals surface area contributed by atoms with Crippen molar-refractivity contribution in [3.05, 3.63) is 29.3 Å². The fourth-order valence-corrected chi connectivity index (χ4v) is 6.01. The van der Waals surface area contributed by atoms with E-state index in [9.17, 15) is 0 Å². The molecule has 0 aliphatic heterocycles. The van der Waals surface area contributed by atoms with Gasteiger partial charge in [-0.25, -0.2) is 0 Å². The molecule has 0 fully saturated rings. The maximum Gasteiger partial charge on any atom is 0.398 e. The van der Waals surface area contributed by atoms with E-state index in [0.717, 1.165) is 35.9 Å². The van der Waals surface area contributed by atoms with E-state index in [1.54, 1.807) is 0 Å². The quantitative estimate of drug-likeness (QED) is 0.172. The van der Waals surface area contributed by atoms with Crippen LogP contribution in [0.1, 0.15) is 97.8 Å². The lowest BCUT2D eigenvalue weighted by Crippen LogP contribution is -2.44. The second-order valence-electron chi connectivity index (χ2n) is 7.91. The van der Waals surface area contributed by atoms with Crippen LogP contribution in [0.4, 0.5) is 0 Å². The summed E-state index contributed by atoms with van der Waals surface area (Å²) in [5, 5.41) is 0.741. The van der Waals surface area contributed by atoms with Crippen LogP contribution in [0.15, 0.2) is 24.3 Å². The van der Waals surface area contributed by atoms with Crippen molar-refractivity contribution in [2.24, 2.45) is 0 Å². The van der Waals surface area contributed by atoms with E-state index in [1.807, 2.05) is 24.3 Å². The van der Waals surface area contributed by atoms with Gasteiger partial charge >= 0.3 is 8.56 Å². The van der Waals surface area contributed by atoms with Crippen LogP contribution in [0.3, 0.4) is 0 Å². The lowest BCUT2D eigenvalue weighted by atomic mass is 10.1. The van der Waals surface area contributed by atoms with Crippen LogP contribution in [0.2, 0.25) is 17.1 Å². The van der Waals surface area contributed by atoms with Crippen molar-refractivity contribution in [1.82, 2.24) is 0 Å². The molecule has 2 nitrogen and oxygen atoms in total. The summed E-state index contributed by atoms with van der Waals surface area (Å²) in [5.74, 6) is 0.884. The molecule has 0 aliphatic carbocycles. The van der Waals surface area contributed by atoms with Crippen LogP contribution in [-0.4, -0.2) is 15.2 Å². The summed E-state index contributed by atoms with van der Waals surface area (Å²) >= 11 is 5.97. The predicted molar refractivity (Wildman–Crippen MR) is 126 cm³/mol. The van der Waals surface area contributed by atoms with Crippen molar-refractivity contribution in [3.8, 4) is 5.75 Å². The van der Waals surface area contributed by atoms with Gasteiger partial charge in [0.25, 0.3) is 0 Å². The molecule has 0 unspecified atom stereocenters. The van der Waals surface area contributed by atoms with E-state index in [2.05, 4.69) is 20.8 Å². The van der Waals surface area contributed by atoms with Crippen molar-refractivity contribution in [1.29, 1.82) is 0 Å². The Morgan fingerprint density at radius 2 is 1.14 bits per heavy atom. The molecule has 0 saturated heterocycles. The molecule has 0 N–H and O–H groups in total. The average Bonchev–Trinajstić information content (AvgIpc) is 2.72. The predicted octanol–water partition coefficient (Wildman–Crippen LogP) is 8.92. The van der Waals surface area contributed by atoms with E-state index < -0.39 is 8.56 Å². The van der Waals surface area contributed by atoms with Crippen molar-refractivity contribution in [2.75, 3.05) is 6.61 Å². The van der Waals surface area contributed by atoms with Gasteiger partial charge < -0.3 is 8.85 Å². The standard InChI is InChI=1S/C24H43ClO2Si/c1-4-7-8-9-10-11-12-13-14-15-16-17-22-26-28(5-2,6-3)27-24-20-18-23(25)19-21-24/h18-21H,4-17,22H2,1-3H3. The van der Waals surface area contributed by atoms with Crippen molar-refractivity contribution in [3.63, 3.8) is 0 Å². The Balaban J connectivity index is 2.09. The molecule has 0 saturated carbocycles. The molecule has 1 aromatic carbocycles. The Hall–Kier alpha value is -0.513. The average molecular weight is 427 g/mol. The zero-order valence-corrected chi connectivity index (χ0v) is 20.4. The summed E-state index contributed by atoms with van der Waals surface area (Å²) < 4.78 is 12.7. The highest BCUT2D eigenvalue weighted by molar-refractivity contribution is 6.68. The molecule has 1 rings (SSSR count). The number of hydrogen-bond acceptors (Lipinski definition) is 2. The smallest absolute Gasteiger partial charge is 0.398 e. The third-order valence-corrected chi connectivity index (χ3v) is 9.30. The minimum absolute atomic E-state index is 0.741. The van der Waals surface area contributed by atoms with Crippen molar-refractivity contribution in [2.45, 2.75) is 110 Å². The van der Waals surface area contributed by atoms with Gasteiger partial charge in [-0.3, -0.25) is 0 Å². The highest BCUT2D eigenvalue weighted by Gasteiger charge is 2.35. The number of rotatable bonds is 18. The summed E-state index contributed by atoms with van der Waals surface area (Å²) in [5.41, 5.74) is 0. The summed E-state index contributed by atoms with van der Waals surface area (Å²) in [6.45, 7) is 7.49. The molecule has 162 valence electrons. The molecule has 0 bridgehead atoms. The topological polar surface area (TPSA) is 18.5 Å². The van der Waals surface area contributed by atoms with Gasteiger partial charge in [0.05, 0.1) is 0 Å². The van der Waals surface area contributed by atoms with Gasteiger partial charge in [-0.05, 0) is 42.8 Å². The maximum absolute atomic E-state index is 6.34. The van der Waals surface area contributed by atoms with E-state index in [-0.39, 0.29) is 0 Å². The lowest BCUT2D eigenvalue weighted by molar-refractivity contribution is 0.230. The number of benzene rings is 1. The van der Waals surface area contributed by atoms with Crippen molar-refractivity contribution >= 4 is 20.2 Å². The number of unbranched alkanes of at least 4 members (excludes halogenated alkanes) is 11. The van der Waals surface area contributed by atoms with Gasteiger partial charge in [0.1, 0.15) is 5.75 Å². The SMILES string of the molecule is CCCCCCCCCCCCCCO[Si](CC)(CC)Oc1ccc(Cl)cc1. The van der Waals surface area contributed by atoms with Gasteiger partial charge in [0.15, 0.2) is 0 Å². The molecular formula is C24H43ClO2Si. The Labute approximate surface area is 180 Å². The van der Waals surface area contributed by atoms with E-state index in [4.69, 9.17) is 20.5 Å². The van der Waals surface area contributed by atoms with Gasteiger partial charge in [-0.1, -0.05) is 103 Å². The summed E-state index contributed by atoms with van der Waals surface area (Å²) in [4.78, 5) is 0. The molecule has 0 amide bonds. The second-order valence-corrected chi connectivity index (χ2v) is 12.1. The monoisotopic (exact) mass is 426 g/mol. The number of hydrogen-bond donors (Lipinski definition) is 0. The molecule has 0 aliphatic rings. The highest BCUT2D eigenvalue weighted by Crippen LogP contribution is 2.25. The molecule has 0 atom stereocenters. The minimum atomic E-state index is -2.14. The van der Waals surface area contributed by atoms with Gasteiger partial charge in [-0.15, -0.1) is 0 Å².